The number of nitrogens with one attached hydrogen (secondary N) is 1. The van der Waals surface area contributed by atoms with Gasteiger partial charge in [-0.3, -0.25) is 0 Å². The molecule has 1 aliphatic rings. The third kappa shape index (κ3) is 4.02. The first kappa shape index (κ1) is 14.5. The summed E-state index contributed by atoms with van der Waals surface area (Å²) in [5, 5.41) is 3.65. The molecule has 2 nitrogen and oxygen atoms in total. The molecule has 3 N–H and O–H groups in total. The minimum Gasteiger partial charge on any atom is -0.328 e. The van der Waals surface area contributed by atoms with E-state index in [1.807, 2.05) is 12.1 Å². The van der Waals surface area contributed by atoms with Crippen molar-refractivity contribution in [3.05, 3.63) is 35.6 Å². The van der Waals surface area contributed by atoms with Gasteiger partial charge in [-0.25, -0.2) is 4.39 Å². The number of hydrogen-bond donors (Lipinski definition) is 2. The maximum Gasteiger partial charge on any atom is 0.123 e. The molecule has 0 radical (unpaired) electrons. The normalized spacial score (nSPS) is 24.4. The van der Waals surface area contributed by atoms with Crippen LogP contribution in [0.1, 0.15) is 45.1 Å². The summed E-state index contributed by atoms with van der Waals surface area (Å²) in [6, 6.07) is 7.82. The topological polar surface area (TPSA) is 38.0 Å². The molecule has 0 unspecified atom stereocenters. The minimum atomic E-state index is -0.172. The van der Waals surface area contributed by atoms with Crippen LogP contribution in [0.25, 0.3) is 0 Å². The van der Waals surface area contributed by atoms with E-state index in [1.165, 1.54) is 30.5 Å². The highest BCUT2D eigenvalue weighted by atomic mass is 19.1. The van der Waals surface area contributed by atoms with Crippen molar-refractivity contribution < 1.29 is 4.39 Å². The summed E-state index contributed by atoms with van der Waals surface area (Å²) in [7, 11) is 0. The smallest absolute Gasteiger partial charge is 0.123 e. The van der Waals surface area contributed by atoms with Crippen molar-refractivity contribution in [2.45, 2.75) is 57.0 Å². The lowest BCUT2D eigenvalue weighted by molar-refractivity contribution is 0.320. The van der Waals surface area contributed by atoms with Crippen LogP contribution in [-0.4, -0.2) is 18.6 Å². The molecule has 2 rings (SSSR count). The van der Waals surface area contributed by atoms with Gasteiger partial charge in [-0.2, -0.15) is 0 Å². The van der Waals surface area contributed by atoms with Crippen LogP contribution in [0.2, 0.25) is 0 Å². The Bertz CT molecular complexity index is 392. The van der Waals surface area contributed by atoms with E-state index in [0.717, 1.165) is 19.4 Å². The fourth-order valence-corrected chi connectivity index (χ4v) is 2.73. The van der Waals surface area contributed by atoms with Gasteiger partial charge in [-0.15, -0.1) is 0 Å². The van der Waals surface area contributed by atoms with Crippen molar-refractivity contribution in [3.63, 3.8) is 0 Å². The number of hydrogen-bond acceptors (Lipinski definition) is 2. The van der Waals surface area contributed by atoms with Crippen LogP contribution in [0, 0.1) is 5.82 Å². The van der Waals surface area contributed by atoms with Gasteiger partial charge in [0.25, 0.3) is 0 Å². The average Bonchev–Trinajstić information content (AvgIpc) is 2.39. The van der Waals surface area contributed by atoms with E-state index < -0.39 is 0 Å². The molecule has 1 aromatic carbocycles. The van der Waals surface area contributed by atoms with E-state index >= 15 is 0 Å². The van der Waals surface area contributed by atoms with Crippen LogP contribution in [0.4, 0.5) is 4.39 Å². The molecule has 1 aliphatic carbocycles. The van der Waals surface area contributed by atoms with Crippen LogP contribution < -0.4 is 11.1 Å². The third-order valence-corrected chi connectivity index (χ3v) is 4.23. The quantitative estimate of drug-likeness (QED) is 0.877. The van der Waals surface area contributed by atoms with Crippen molar-refractivity contribution in [2.75, 3.05) is 6.54 Å². The van der Waals surface area contributed by atoms with E-state index in [0.29, 0.717) is 12.1 Å². The second-order valence-electron chi connectivity index (χ2n) is 6.38. The zero-order valence-corrected chi connectivity index (χ0v) is 12.0. The molecule has 1 saturated carbocycles. The minimum absolute atomic E-state index is 0.0211. The Balaban J connectivity index is 1.88. The molecular weight excluding hydrogens is 239 g/mol. The van der Waals surface area contributed by atoms with E-state index in [2.05, 4.69) is 19.2 Å². The van der Waals surface area contributed by atoms with Gasteiger partial charge in [0, 0.05) is 24.0 Å². The molecule has 0 amide bonds. The maximum atomic E-state index is 13.0. The van der Waals surface area contributed by atoms with Gasteiger partial charge < -0.3 is 11.1 Å². The molecule has 3 heteroatoms. The van der Waals surface area contributed by atoms with E-state index in [1.54, 1.807) is 0 Å². The van der Waals surface area contributed by atoms with Gasteiger partial charge in [0.2, 0.25) is 0 Å². The molecule has 0 aliphatic heterocycles. The molecule has 0 atom stereocenters. The highest BCUT2D eigenvalue weighted by Gasteiger charge is 2.24. The van der Waals surface area contributed by atoms with Gasteiger partial charge in [0.05, 0.1) is 0 Å². The fraction of sp³-hybridized carbons (Fsp3) is 0.625. The number of halogens is 1. The standard InChI is InChI=1S/C16H25FN2/c1-16(2,12-3-5-13(17)6-4-12)11-19-15-9-7-14(18)8-10-15/h3-6,14-15,19H,7-11,18H2,1-2H3. The SMILES string of the molecule is CC(C)(CNC1CCC(N)CC1)c1ccc(F)cc1. The molecule has 1 aromatic rings. The molecule has 1 fully saturated rings. The Morgan fingerprint density at radius 2 is 1.74 bits per heavy atom. The van der Waals surface area contributed by atoms with E-state index in [4.69, 9.17) is 5.73 Å². The van der Waals surface area contributed by atoms with Crippen molar-refractivity contribution in [2.24, 2.45) is 5.73 Å². The van der Waals surface area contributed by atoms with Crippen molar-refractivity contribution in [1.82, 2.24) is 5.32 Å². The van der Waals surface area contributed by atoms with Gasteiger partial charge >= 0.3 is 0 Å². The zero-order chi connectivity index (χ0) is 13.9. The lowest BCUT2D eigenvalue weighted by atomic mass is 9.83. The lowest BCUT2D eigenvalue weighted by Crippen LogP contribution is -2.42. The lowest BCUT2D eigenvalue weighted by Gasteiger charge is -2.32. The van der Waals surface area contributed by atoms with Crippen LogP contribution >= 0.6 is 0 Å². The molecule has 0 spiro atoms. The van der Waals surface area contributed by atoms with Gasteiger partial charge in [0.15, 0.2) is 0 Å². The Hall–Kier alpha value is -0.930. The Morgan fingerprint density at radius 1 is 1.16 bits per heavy atom. The first-order valence-electron chi connectivity index (χ1n) is 7.22. The van der Waals surface area contributed by atoms with E-state index in [-0.39, 0.29) is 11.2 Å². The van der Waals surface area contributed by atoms with Crippen LogP contribution in [0.15, 0.2) is 24.3 Å². The van der Waals surface area contributed by atoms with Gasteiger partial charge in [-0.05, 0) is 43.4 Å². The van der Waals surface area contributed by atoms with Crippen LogP contribution in [0.5, 0.6) is 0 Å². The molecule has 0 heterocycles. The first-order chi connectivity index (χ1) is 8.97. The fourth-order valence-electron chi connectivity index (χ4n) is 2.73. The second kappa shape index (κ2) is 6.02. The predicted molar refractivity (Wildman–Crippen MR) is 77.7 cm³/mol. The summed E-state index contributed by atoms with van der Waals surface area (Å²) in [6.07, 6.45) is 4.57. The van der Waals surface area contributed by atoms with Crippen molar-refractivity contribution in [1.29, 1.82) is 0 Å². The number of benzene rings is 1. The highest BCUT2D eigenvalue weighted by Crippen LogP contribution is 2.24. The molecule has 106 valence electrons. The number of nitrogens with two attached hydrogens (primary N) is 1. The Kier molecular flexibility index (Phi) is 4.58. The molecule has 0 bridgehead atoms. The monoisotopic (exact) mass is 264 g/mol. The maximum absolute atomic E-state index is 13.0. The molecule has 0 aromatic heterocycles. The van der Waals surface area contributed by atoms with E-state index in [9.17, 15) is 4.39 Å². The Labute approximate surface area is 115 Å². The highest BCUT2D eigenvalue weighted by molar-refractivity contribution is 5.24. The summed E-state index contributed by atoms with van der Waals surface area (Å²) in [5.41, 5.74) is 7.12. The summed E-state index contributed by atoms with van der Waals surface area (Å²) < 4.78 is 13.0. The molecule has 19 heavy (non-hydrogen) atoms. The molecular formula is C16H25FN2. The largest absolute Gasteiger partial charge is 0.328 e. The van der Waals surface area contributed by atoms with Crippen LogP contribution in [-0.2, 0) is 5.41 Å². The zero-order valence-electron chi connectivity index (χ0n) is 12.0. The first-order valence-corrected chi connectivity index (χ1v) is 7.22. The van der Waals surface area contributed by atoms with Crippen molar-refractivity contribution >= 4 is 0 Å². The van der Waals surface area contributed by atoms with Crippen LogP contribution in [0.3, 0.4) is 0 Å². The summed E-state index contributed by atoms with van der Waals surface area (Å²) in [5.74, 6) is -0.172. The third-order valence-electron chi connectivity index (χ3n) is 4.23. The predicted octanol–water partition coefficient (Wildman–Crippen LogP) is 2.96. The summed E-state index contributed by atoms with van der Waals surface area (Å²) >= 11 is 0. The Morgan fingerprint density at radius 3 is 2.32 bits per heavy atom. The average molecular weight is 264 g/mol. The molecule has 0 saturated heterocycles. The van der Waals surface area contributed by atoms with Gasteiger partial charge in [0.1, 0.15) is 5.82 Å². The van der Waals surface area contributed by atoms with Crippen molar-refractivity contribution in [3.8, 4) is 0 Å². The number of rotatable bonds is 4. The second-order valence-corrected chi connectivity index (χ2v) is 6.38. The summed E-state index contributed by atoms with van der Waals surface area (Å²) in [6.45, 7) is 5.31. The van der Waals surface area contributed by atoms with Gasteiger partial charge in [-0.1, -0.05) is 26.0 Å². The summed E-state index contributed by atoms with van der Waals surface area (Å²) in [4.78, 5) is 0.